The number of carbonyl (C=O) groups is 1. The van der Waals surface area contributed by atoms with Crippen LogP contribution in [0.4, 0.5) is 5.69 Å². The lowest BCUT2D eigenvalue weighted by Crippen LogP contribution is -2.43. The third-order valence-electron chi connectivity index (χ3n) is 4.37. The van der Waals surface area contributed by atoms with Crippen LogP contribution in [0.3, 0.4) is 0 Å². The number of halogens is 1. The zero-order valence-corrected chi connectivity index (χ0v) is 16.3. The molecule has 1 amide bonds. The van der Waals surface area contributed by atoms with Gasteiger partial charge in [-0.2, -0.15) is 4.31 Å². The SMILES string of the molecule is O=C(Nc1ccccc1O)[C@H]1CCCN(S(=O)(=O)c2ccc(Br)cc2)C1. The highest BCUT2D eigenvalue weighted by Crippen LogP contribution is 2.27. The van der Waals surface area contributed by atoms with Crippen LogP contribution in [-0.2, 0) is 14.8 Å². The summed E-state index contributed by atoms with van der Waals surface area (Å²) in [6.07, 6.45) is 1.21. The van der Waals surface area contributed by atoms with Crippen molar-refractivity contribution in [1.82, 2.24) is 4.31 Å². The number of piperidine rings is 1. The fourth-order valence-corrected chi connectivity index (χ4v) is 4.73. The summed E-state index contributed by atoms with van der Waals surface area (Å²) in [5.74, 6) is -0.771. The molecule has 0 saturated carbocycles. The van der Waals surface area contributed by atoms with E-state index < -0.39 is 15.9 Å². The van der Waals surface area contributed by atoms with Gasteiger partial charge in [0, 0.05) is 17.6 Å². The maximum atomic E-state index is 12.8. The lowest BCUT2D eigenvalue weighted by atomic mass is 9.98. The molecule has 1 heterocycles. The second-order valence-electron chi connectivity index (χ2n) is 6.16. The van der Waals surface area contributed by atoms with Gasteiger partial charge in [-0.1, -0.05) is 28.1 Å². The van der Waals surface area contributed by atoms with Gasteiger partial charge in [0.1, 0.15) is 5.75 Å². The average molecular weight is 439 g/mol. The number of rotatable bonds is 4. The summed E-state index contributed by atoms with van der Waals surface area (Å²) < 4.78 is 27.8. The molecule has 1 fully saturated rings. The van der Waals surface area contributed by atoms with Crippen molar-refractivity contribution in [2.75, 3.05) is 18.4 Å². The Morgan fingerprint density at radius 3 is 2.54 bits per heavy atom. The third-order valence-corrected chi connectivity index (χ3v) is 6.78. The van der Waals surface area contributed by atoms with E-state index in [0.29, 0.717) is 25.1 Å². The predicted octanol–water partition coefficient (Wildman–Crippen LogP) is 3.19. The molecule has 1 aliphatic rings. The van der Waals surface area contributed by atoms with E-state index in [0.717, 1.165) is 4.47 Å². The standard InChI is InChI=1S/C18H19BrN2O4S/c19-14-7-9-15(10-8-14)26(24,25)21-11-3-4-13(12-21)18(23)20-16-5-1-2-6-17(16)22/h1-2,5-10,13,22H,3-4,11-12H2,(H,20,23)/t13-/m0/s1. The fourth-order valence-electron chi connectivity index (χ4n) is 2.94. The van der Waals surface area contributed by atoms with Gasteiger partial charge in [0.15, 0.2) is 0 Å². The highest BCUT2D eigenvalue weighted by molar-refractivity contribution is 9.10. The molecule has 2 aromatic rings. The van der Waals surface area contributed by atoms with E-state index >= 15 is 0 Å². The lowest BCUT2D eigenvalue weighted by Gasteiger charge is -2.31. The second kappa shape index (κ2) is 7.77. The van der Waals surface area contributed by atoms with Crippen molar-refractivity contribution in [3.8, 4) is 5.75 Å². The van der Waals surface area contributed by atoms with Crippen LogP contribution in [0.5, 0.6) is 5.75 Å². The van der Waals surface area contributed by atoms with Crippen molar-refractivity contribution in [3.63, 3.8) is 0 Å². The first kappa shape index (κ1) is 18.9. The molecule has 1 atom stereocenters. The van der Waals surface area contributed by atoms with Crippen LogP contribution < -0.4 is 5.32 Å². The maximum Gasteiger partial charge on any atom is 0.243 e. The molecular formula is C18H19BrN2O4S. The summed E-state index contributed by atoms with van der Waals surface area (Å²) >= 11 is 3.29. The second-order valence-corrected chi connectivity index (χ2v) is 9.02. The van der Waals surface area contributed by atoms with Gasteiger partial charge in [-0.05, 0) is 49.2 Å². The molecular weight excluding hydrogens is 420 g/mol. The number of nitrogens with zero attached hydrogens (tertiary/aromatic N) is 1. The van der Waals surface area contributed by atoms with Gasteiger partial charge in [0.05, 0.1) is 16.5 Å². The van der Waals surface area contributed by atoms with E-state index in [-0.39, 0.29) is 23.1 Å². The number of phenolic OH excluding ortho intramolecular Hbond substituents is 1. The first-order valence-corrected chi connectivity index (χ1v) is 10.5. The number of sulfonamides is 1. The number of anilines is 1. The van der Waals surface area contributed by atoms with Crippen LogP contribution in [0.1, 0.15) is 12.8 Å². The number of carbonyl (C=O) groups excluding carboxylic acids is 1. The van der Waals surface area contributed by atoms with Gasteiger partial charge in [0.2, 0.25) is 15.9 Å². The number of amides is 1. The Labute approximate surface area is 161 Å². The molecule has 1 saturated heterocycles. The predicted molar refractivity (Wildman–Crippen MR) is 102 cm³/mol. The molecule has 2 N–H and O–H groups in total. The van der Waals surface area contributed by atoms with Gasteiger partial charge in [-0.15, -0.1) is 0 Å². The number of phenols is 1. The normalized spacial score (nSPS) is 18.4. The summed E-state index contributed by atoms with van der Waals surface area (Å²) in [6, 6.07) is 12.9. The number of hydrogen-bond acceptors (Lipinski definition) is 4. The molecule has 0 bridgehead atoms. The zero-order chi connectivity index (χ0) is 18.7. The quantitative estimate of drug-likeness (QED) is 0.717. The van der Waals surface area contributed by atoms with Crippen LogP contribution in [0.15, 0.2) is 57.9 Å². The molecule has 0 spiro atoms. The van der Waals surface area contributed by atoms with Crippen molar-refractivity contribution in [2.45, 2.75) is 17.7 Å². The van der Waals surface area contributed by atoms with Gasteiger partial charge >= 0.3 is 0 Å². The minimum atomic E-state index is -3.64. The molecule has 1 aliphatic heterocycles. The molecule has 0 unspecified atom stereocenters. The molecule has 0 aliphatic carbocycles. The minimum Gasteiger partial charge on any atom is -0.506 e. The molecule has 3 rings (SSSR count). The number of benzene rings is 2. The Balaban J connectivity index is 1.73. The molecule has 138 valence electrons. The Hall–Kier alpha value is -1.90. The smallest absolute Gasteiger partial charge is 0.243 e. The largest absolute Gasteiger partial charge is 0.506 e. The van der Waals surface area contributed by atoms with E-state index in [2.05, 4.69) is 21.2 Å². The van der Waals surface area contributed by atoms with Gasteiger partial charge < -0.3 is 10.4 Å². The minimum absolute atomic E-state index is 0.0176. The van der Waals surface area contributed by atoms with E-state index in [9.17, 15) is 18.3 Å². The van der Waals surface area contributed by atoms with E-state index in [1.54, 1.807) is 42.5 Å². The number of hydrogen-bond donors (Lipinski definition) is 2. The summed E-state index contributed by atoms with van der Waals surface area (Å²) in [7, 11) is -3.64. The van der Waals surface area contributed by atoms with Crippen molar-refractivity contribution < 1.29 is 18.3 Å². The Kier molecular flexibility index (Phi) is 5.64. The van der Waals surface area contributed by atoms with Crippen molar-refractivity contribution >= 4 is 37.5 Å². The molecule has 8 heteroatoms. The topological polar surface area (TPSA) is 86.7 Å². The fraction of sp³-hybridized carbons (Fsp3) is 0.278. The van der Waals surface area contributed by atoms with Gasteiger partial charge in [-0.25, -0.2) is 8.42 Å². The maximum absolute atomic E-state index is 12.8. The highest BCUT2D eigenvalue weighted by Gasteiger charge is 2.33. The van der Waals surface area contributed by atoms with Gasteiger partial charge in [-0.3, -0.25) is 4.79 Å². The van der Waals surface area contributed by atoms with Crippen LogP contribution >= 0.6 is 15.9 Å². The Morgan fingerprint density at radius 1 is 1.15 bits per heavy atom. The monoisotopic (exact) mass is 438 g/mol. The zero-order valence-electron chi connectivity index (χ0n) is 13.9. The molecule has 2 aromatic carbocycles. The third kappa shape index (κ3) is 4.08. The first-order valence-electron chi connectivity index (χ1n) is 8.22. The van der Waals surface area contributed by atoms with Crippen molar-refractivity contribution in [3.05, 3.63) is 53.0 Å². The van der Waals surface area contributed by atoms with E-state index in [4.69, 9.17) is 0 Å². The summed E-state index contributed by atoms with van der Waals surface area (Å²) in [5.41, 5.74) is 0.324. The van der Waals surface area contributed by atoms with Crippen LogP contribution in [0, 0.1) is 5.92 Å². The van der Waals surface area contributed by atoms with Crippen LogP contribution in [0.2, 0.25) is 0 Å². The average Bonchev–Trinajstić information content (AvgIpc) is 2.64. The summed E-state index contributed by atoms with van der Waals surface area (Å²) in [4.78, 5) is 12.7. The van der Waals surface area contributed by atoms with E-state index in [1.165, 1.54) is 10.4 Å². The summed E-state index contributed by atoms with van der Waals surface area (Å²) in [5, 5.41) is 12.5. The summed E-state index contributed by atoms with van der Waals surface area (Å²) in [6.45, 7) is 0.511. The van der Waals surface area contributed by atoms with Crippen LogP contribution in [0.25, 0.3) is 0 Å². The Morgan fingerprint density at radius 2 is 1.85 bits per heavy atom. The Bertz CT molecular complexity index is 900. The molecule has 0 aromatic heterocycles. The van der Waals surface area contributed by atoms with Crippen molar-refractivity contribution in [1.29, 1.82) is 0 Å². The molecule has 0 radical (unpaired) electrons. The van der Waals surface area contributed by atoms with Crippen LogP contribution in [-0.4, -0.2) is 36.8 Å². The molecule has 26 heavy (non-hydrogen) atoms. The molecule has 6 nitrogen and oxygen atoms in total. The first-order chi connectivity index (χ1) is 12.4. The van der Waals surface area contributed by atoms with Crippen molar-refractivity contribution in [2.24, 2.45) is 5.92 Å². The van der Waals surface area contributed by atoms with Gasteiger partial charge in [0.25, 0.3) is 0 Å². The highest BCUT2D eigenvalue weighted by atomic mass is 79.9. The van der Waals surface area contributed by atoms with E-state index in [1.807, 2.05) is 0 Å². The lowest BCUT2D eigenvalue weighted by molar-refractivity contribution is -0.120. The number of aromatic hydroxyl groups is 1. The number of para-hydroxylation sites is 2. The number of nitrogens with one attached hydrogen (secondary N) is 1.